The fourth-order valence-corrected chi connectivity index (χ4v) is 2.75. The zero-order valence-corrected chi connectivity index (χ0v) is 12.9. The summed E-state index contributed by atoms with van der Waals surface area (Å²) in [5.74, 6) is 0.297. The Morgan fingerprint density at radius 1 is 1.00 bits per heavy atom. The summed E-state index contributed by atoms with van der Waals surface area (Å²) in [4.78, 5) is 13.7. The molecule has 1 amide bonds. The highest BCUT2D eigenvalue weighted by Crippen LogP contribution is 2.19. The summed E-state index contributed by atoms with van der Waals surface area (Å²) >= 11 is 0. The Hall–Kier alpha value is -0.570. The van der Waals surface area contributed by atoms with Crippen molar-refractivity contribution in [2.75, 3.05) is 13.1 Å². The van der Waals surface area contributed by atoms with Crippen molar-refractivity contribution >= 4 is 5.91 Å². The number of nitrogens with zero attached hydrogens (tertiary/aromatic N) is 1. The van der Waals surface area contributed by atoms with Gasteiger partial charge in [-0.25, -0.2) is 0 Å². The number of nitrogens with two attached hydrogens (primary N) is 1. The molecule has 0 aromatic heterocycles. The van der Waals surface area contributed by atoms with Crippen molar-refractivity contribution in [3.05, 3.63) is 0 Å². The Morgan fingerprint density at radius 3 is 1.95 bits per heavy atom. The summed E-state index contributed by atoms with van der Waals surface area (Å²) in [7, 11) is 0. The van der Waals surface area contributed by atoms with Gasteiger partial charge in [0.25, 0.3) is 0 Å². The molecule has 0 radical (unpaired) electrons. The Labute approximate surface area is 118 Å². The number of amides is 1. The van der Waals surface area contributed by atoms with E-state index in [0.29, 0.717) is 12.3 Å². The second kappa shape index (κ2) is 8.57. The van der Waals surface area contributed by atoms with E-state index in [9.17, 15) is 4.79 Å². The van der Waals surface area contributed by atoms with E-state index in [1.54, 1.807) is 0 Å². The van der Waals surface area contributed by atoms with Gasteiger partial charge in [0.1, 0.15) is 0 Å². The highest BCUT2D eigenvalue weighted by molar-refractivity contribution is 5.77. The van der Waals surface area contributed by atoms with Crippen molar-refractivity contribution in [3.63, 3.8) is 0 Å². The van der Waals surface area contributed by atoms with Crippen LogP contribution in [0, 0.1) is 0 Å². The summed E-state index contributed by atoms with van der Waals surface area (Å²) in [6, 6.07) is 0. The van der Waals surface area contributed by atoms with Crippen molar-refractivity contribution in [1.29, 1.82) is 0 Å². The van der Waals surface area contributed by atoms with Gasteiger partial charge < -0.3 is 10.6 Å². The third kappa shape index (κ3) is 6.95. The first kappa shape index (κ1) is 16.5. The molecule has 1 fully saturated rings. The normalized spacial score (nSPS) is 17.3. The molecule has 2 N–H and O–H groups in total. The van der Waals surface area contributed by atoms with Crippen molar-refractivity contribution in [3.8, 4) is 0 Å². The lowest BCUT2D eigenvalue weighted by Gasteiger charge is -2.45. The van der Waals surface area contributed by atoms with E-state index in [1.165, 1.54) is 51.4 Å². The van der Waals surface area contributed by atoms with E-state index in [2.05, 4.69) is 6.92 Å². The van der Waals surface area contributed by atoms with E-state index >= 15 is 0 Å². The van der Waals surface area contributed by atoms with E-state index in [0.717, 1.165) is 19.5 Å². The first-order valence-corrected chi connectivity index (χ1v) is 8.12. The summed E-state index contributed by atoms with van der Waals surface area (Å²) in [6.45, 7) is 5.74. The minimum atomic E-state index is -0.131. The quantitative estimate of drug-likeness (QED) is 0.617. The molecule has 3 nitrogen and oxygen atoms in total. The average molecular weight is 268 g/mol. The Kier molecular flexibility index (Phi) is 7.44. The van der Waals surface area contributed by atoms with E-state index in [1.807, 2.05) is 11.8 Å². The predicted molar refractivity (Wildman–Crippen MR) is 81.0 cm³/mol. The number of hydrogen-bond acceptors (Lipinski definition) is 2. The van der Waals surface area contributed by atoms with Crippen LogP contribution in [0.5, 0.6) is 0 Å². The fraction of sp³-hybridized carbons (Fsp3) is 0.938. The maximum Gasteiger partial charge on any atom is 0.222 e. The van der Waals surface area contributed by atoms with Gasteiger partial charge in [0, 0.05) is 25.0 Å². The topological polar surface area (TPSA) is 46.3 Å². The molecule has 0 spiro atoms. The lowest BCUT2D eigenvalue weighted by molar-refractivity contribution is -0.138. The maximum atomic E-state index is 11.8. The highest BCUT2D eigenvalue weighted by Gasteiger charge is 2.37. The molecule has 1 heterocycles. The molecule has 0 saturated carbocycles. The van der Waals surface area contributed by atoms with Crippen LogP contribution >= 0.6 is 0 Å². The average Bonchev–Trinajstić information content (AvgIpc) is 2.33. The molecule has 0 atom stereocenters. The van der Waals surface area contributed by atoms with Gasteiger partial charge in [-0.15, -0.1) is 0 Å². The second-order valence-corrected chi connectivity index (χ2v) is 6.48. The Bertz CT molecular complexity index is 255. The van der Waals surface area contributed by atoms with Gasteiger partial charge in [-0.05, 0) is 13.3 Å². The standard InChI is InChI=1S/C16H32N2O/c1-3-4-5-6-7-8-9-10-11-12-15(19)18-13-16(2,17)14-18/h3-14,17H2,1-2H3. The molecule has 1 aliphatic heterocycles. The van der Waals surface area contributed by atoms with Crippen LogP contribution in [-0.2, 0) is 4.79 Å². The summed E-state index contributed by atoms with van der Waals surface area (Å²) < 4.78 is 0. The molecule has 1 aliphatic rings. The number of rotatable bonds is 10. The van der Waals surface area contributed by atoms with Crippen LogP contribution in [0.3, 0.4) is 0 Å². The molecule has 0 aromatic carbocycles. The number of likely N-dealkylation sites (tertiary alicyclic amines) is 1. The summed E-state index contributed by atoms with van der Waals surface area (Å²) in [5, 5.41) is 0. The molecule has 19 heavy (non-hydrogen) atoms. The van der Waals surface area contributed by atoms with Crippen LogP contribution in [0.4, 0.5) is 0 Å². The van der Waals surface area contributed by atoms with Gasteiger partial charge >= 0.3 is 0 Å². The molecule has 0 bridgehead atoms. The molecule has 0 aromatic rings. The predicted octanol–water partition coefficient (Wildman–Crippen LogP) is 3.47. The largest absolute Gasteiger partial charge is 0.339 e. The van der Waals surface area contributed by atoms with Gasteiger partial charge in [-0.2, -0.15) is 0 Å². The zero-order chi connectivity index (χ0) is 14.1. The lowest BCUT2D eigenvalue weighted by atomic mass is 9.93. The van der Waals surface area contributed by atoms with Crippen LogP contribution < -0.4 is 5.73 Å². The lowest BCUT2D eigenvalue weighted by Crippen LogP contribution is -2.66. The van der Waals surface area contributed by atoms with Gasteiger partial charge in [0.15, 0.2) is 0 Å². The first-order chi connectivity index (χ1) is 9.05. The molecule has 0 unspecified atom stereocenters. The van der Waals surface area contributed by atoms with E-state index < -0.39 is 0 Å². The molecule has 1 saturated heterocycles. The number of carbonyl (C=O) groups is 1. The summed E-state index contributed by atoms with van der Waals surface area (Å²) in [5.41, 5.74) is 5.77. The van der Waals surface area contributed by atoms with Crippen LogP contribution in [-0.4, -0.2) is 29.4 Å². The number of carbonyl (C=O) groups excluding carboxylic acids is 1. The number of hydrogen-bond donors (Lipinski definition) is 1. The molecule has 112 valence electrons. The van der Waals surface area contributed by atoms with Crippen molar-refractivity contribution < 1.29 is 4.79 Å². The first-order valence-electron chi connectivity index (χ1n) is 8.12. The van der Waals surface area contributed by atoms with Gasteiger partial charge in [-0.3, -0.25) is 4.79 Å². The molecule has 3 heteroatoms. The van der Waals surface area contributed by atoms with Gasteiger partial charge in [0.2, 0.25) is 5.91 Å². The van der Waals surface area contributed by atoms with Crippen LogP contribution in [0.15, 0.2) is 0 Å². The van der Waals surface area contributed by atoms with E-state index in [4.69, 9.17) is 5.73 Å². The van der Waals surface area contributed by atoms with Crippen LogP contribution in [0.2, 0.25) is 0 Å². The smallest absolute Gasteiger partial charge is 0.222 e. The molecule has 0 aliphatic carbocycles. The monoisotopic (exact) mass is 268 g/mol. The highest BCUT2D eigenvalue weighted by atomic mass is 16.2. The second-order valence-electron chi connectivity index (χ2n) is 6.48. The molecular formula is C16H32N2O. The third-order valence-corrected chi connectivity index (χ3v) is 3.95. The Balaban J connectivity index is 1.85. The zero-order valence-electron chi connectivity index (χ0n) is 12.9. The molecule has 1 rings (SSSR count). The maximum absolute atomic E-state index is 11.8. The summed E-state index contributed by atoms with van der Waals surface area (Å²) in [6.07, 6.45) is 12.4. The Morgan fingerprint density at radius 2 is 1.47 bits per heavy atom. The van der Waals surface area contributed by atoms with Gasteiger partial charge in [0.05, 0.1) is 0 Å². The van der Waals surface area contributed by atoms with Crippen LogP contribution in [0.25, 0.3) is 0 Å². The minimum Gasteiger partial charge on any atom is -0.339 e. The fourth-order valence-electron chi connectivity index (χ4n) is 2.75. The number of unbranched alkanes of at least 4 members (excludes halogenated alkanes) is 8. The van der Waals surface area contributed by atoms with Crippen molar-refractivity contribution in [2.24, 2.45) is 5.73 Å². The van der Waals surface area contributed by atoms with E-state index in [-0.39, 0.29) is 5.54 Å². The van der Waals surface area contributed by atoms with Gasteiger partial charge in [-0.1, -0.05) is 58.3 Å². The minimum absolute atomic E-state index is 0.131. The van der Waals surface area contributed by atoms with Crippen molar-refractivity contribution in [1.82, 2.24) is 4.90 Å². The third-order valence-electron chi connectivity index (χ3n) is 3.95. The SMILES string of the molecule is CCCCCCCCCCCC(=O)N1CC(C)(N)C1. The van der Waals surface area contributed by atoms with Crippen LogP contribution in [0.1, 0.15) is 78.1 Å². The molecular weight excluding hydrogens is 236 g/mol. The van der Waals surface area contributed by atoms with Crippen molar-refractivity contribution in [2.45, 2.75) is 83.6 Å².